The normalized spacial score (nSPS) is 18.5. The molecule has 1 aliphatic rings. The SMILES string of the molecule is COCc1c(O)c2cc(c1O)[C@@H](CC(C)C)c1cc(c(O)cc1O)[C@@H](CC(C)C)c1cc(c(O)cc1O)[C@@H](CC(C)C)c1cc(c(O)cc1O)[C@H]2CC(C)C. The van der Waals surface area contributed by atoms with Gasteiger partial charge >= 0.3 is 0 Å². The van der Waals surface area contributed by atoms with Gasteiger partial charge in [0.1, 0.15) is 46.0 Å². The number of hydrogen-bond acceptors (Lipinski definition) is 9. The van der Waals surface area contributed by atoms with E-state index in [1.165, 1.54) is 25.3 Å². The Morgan fingerprint density at radius 3 is 0.818 bits per heavy atom. The van der Waals surface area contributed by atoms with Crippen molar-refractivity contribution in [1.29, 1.82) is 0 Å². The van der Waals surface area contributed by atoms with E-state index in [2.05, 4.69) is 0 Å². The lowest BCUT2D eigenvalue weighted by Gasteiger charge is -2.31. The summed E-state index contributed by atoms with van der Waals surface area (Å²) in [6.07, 6.45) is 1.90. The molecule has 0 unspecified atom stereocenters. The molecule has 4 aromatic rings. The van der Waals surface area contributed by atoms with Crippen molar-refractivity contribution in [2.75, 3.05) is 7.11 Å². The summed E-state index contributed by atoms with van der Waals surface area (Å²) in [4.78, 5) is 0. The van der Waals surface area contributed by atoms with Crippen molar-refractivity contribution in [3.63, 3.8) is 0 Å². The fourth-order valence-corrected chi connectivity index (χ4v) is 8.66. The van der Waals surface area contributed by atoms with E-state index in [-0.39, 0.29) is 81.8 Å². The van der Waals surface area contributed by atoms with Crippen LogP contribution in [0, 0.1) is 23.7 Å². The van der Waals surface area contributed by atoms with Crippen molar-refractivity contribution in [2.45, 2.75) is 111 Å². The van der Waals surface area contributed by atoms with Crippen LogP contribution < -0.4 is 0 Å². The van der Waals surface area contributed by atoms with E-state index in [9.17, 15) is 40.9 Å². The van der Waals surface area contributed by atoms with Crippen molar-refractivity contribution < 1.29 is 45.6 Å². The first-order chi connectivity index (χ1) is 25.8. The van der Waals surface area contributed by atoms with Gasteiger partial charge in [0.15, 0.2) is 0 Å². The third-order valence-electron chi connectivity index (χ3n) is 11.1. The van der Waals surface area contributed by atoms with Gasteiger partial charge in [0, 0.05) is 93.5 Å². The maximum Gasteiger partial charge on any atom is 0.128 e. The molecule has 9 nitrogen and oxygen atoms in total. The minimum Gasteiger partial charge on any atom is -0.508 e. The summed E-state index contributed by atoms with van der Waals surface area (Å²) >= 11 is 0. The van der Waals surface area contributed by atoms with Crippen molar-refractivity contribution in [1.82, 2.24) is 0 Å². The molecule has 298 valence electrons. The van der Waals surface area contributed by atoms with Crippen LogP contribution in [0.15, 0.2) is 42.5 Å². The number of aromatic hydroxyl groups is 8. The van der Waals surface area contributed by atoms with Gasteiger partial charge in [-0.3, -0.25) is 0 Å². The lowest BCUT2D eigenvalue weighted by Crippen LogP contribution is -2.14. The number of benzene rings is 4. The highest BCUT2D eigenvalue weighted by Gasteiger charge is 2.35. The molecule has 55 heavy (non-hydrogen) atoms. The van der Waals surface area contributed by atoms with Crippen LogP contribution in [-0.4, -0.2) is 48.0 Å². The molecule has 0 saturated carbocycles. The van der Waals surface area contributed by atoms with Crippen molar-refractivity contribution in [3.05, 3.63) is 92.5 Å². The van der Waals surface area contributed by atoms with Gasteiger partial charge in [-0.05, 0) is 73.6 Å². The molecular weight excluding hydrogens is 696 g/mol. The molecule has 0 radical (unpaired) electrons. The van der Waals surface area contributed by atoms with Crippen LogP contribution in [-0.2, 0) is 11.3 Å². The average molecular weight is 757 g/mol. The number of rotatable bonds is 10. The predicted molar refractivity (Wildman–Crippen MR) is 215 cm³/mol. The van der Waals surface area contributed by atoms with Gasteiger partial charge in [0.2, 0.25) is 0 Å². The van der Waals surface area contributed by atoms with Crippen LogP contribution in [0.25, 0.3) is 0 Å². The number of methoxy groups -OCH3 is 1. The van der Waals surface area contributed by atoms with E-state index < -0.39 is 23.7 Å². The first-order valence-corrected chi connectivity index (χ1v) is 19.6. The average Bonchev–Trinajstić information content (AvgIpc) is 3.07. The van der Waals surface area contributed by atoms with E-state index in [0.717, 1.165) is 0 Å². The summed E-state index contributed by atoms with van der Waals surface area (Å²) in [5.74, 6) is -3.54. The third kappa shape index (κ3) is 8.42. The smallest absolute Gasteiger partial charge is 0.128 e. The van der Waals surface area contributed by atoms with Gasteiger partial charge in [-0.15, -0.1) is 0 Å². The van der Waals surface area contributed by atoms with E-state index >= 15 is 0 Å². The molecule has 0 amide bonds. The van der Waals surface area contributed by atoms with Crippen molar-refractivity contribution in [2.24, 2.45) is 23.7 Å². The quantitative estimate of drug-likeness (QED) is 0.0784. The van der Waals surface area contributed by atoms with Crippen molar-refractivity contribution >= 4 is 0 Å². The topological polar surface area (TPSA) is 171 Å². The maximum absolute atomic E-state index is 12.0. The first kappa shape index (κ1) is 41.4. The summed E-state index contributed by atoms with van der Waals surface area (Å²) < 4.78 is 5.52. The van der Waals surface area contributed by atoms with Gasteiger partial charge < -0.3 is 45.6 Å². The van der Waals surface area contributed by atoms with Gasteiger partial charge in [-0.25, -0.2) is 0 Å². The van der Waals surface area contributed by atoms with Crippen LogP contribution in [0.1, 0.15) is 155 Å². The predicted octanol–water partition coefficient (Wildman–Crippen LogP) is 10.5. The molecule has 0 saturated heterocycles. The lowest BCUT2D eigenvalue weighted by atomic mass is 9.74. The molecular formula is C46H60O9. The summed E-state index contributed by atoms with van der Waals surface area (Å²) in [5.41, 5.74) is 3.77. The fraction of sp³-hybridized carbons (Fsp3) is 0.478. The zero-order valence-corrected chi connectivity index (χ0v) is 33.7. The van der Waals surface area contributed by atoms with Gasteiger partial charge in [0.25, 0.3) is 0 Å². The van der Waals surface area contributed by atoms with Gasteiger partial charge in [-0.2, -0.15) is 0 Å². The highest BCUT2D eigenvalue weighted by atomic mass is 16.5. The molecule has 0 aliphatic heterocycles. The first-order valence-electron chi connectivity index (χ1n) is 19.6. The number of ether oxygens (including phenoxy) is 1. The third-order valence-corrected chi connectivity index (χ3v) is 11.1. The van der Waals surface area contributed by atoms with Gasteiger partial charge in [0.05, 0.1) is 12.2 Å². The Bertz CT molecular complexity index is 1880. The summed E-state index contributed by atoms with van der Waals surface area (Å²) in [7, 11) is 1.47. The molecule has 1 aliphatic carbocycles. The molecule has 8 bridgehead atoms. The number of hydrogen-bond donors (Lipinski definition) is 8. The Labute approximate surface area is 325 Å². The minimum atomic E-state index is -0.634. The van der Waals surface area contributed by atoms with E-state index in [1.54, 1.807) is 24.3 Å². The van der Waals surface area contributed by atoms with E-state index in [0.29, 0.717) is 70.2 Å². The minimum absolute atomic E-state index is 0.0676. The van der Waals surface area contributed by atoms with Crippen LogP contribution in [0.4, 0.5) is 0 Å². The fourth-order valence-electron chi connectivity index (χ4n) is 8.66. The second kappa shape index (κ2) is 16.5. The summed E-state index contributed by atoms with van der Waals surface area (Å²) in [6.45, 7) is 16.2. The molecule has 0 spiro atoms. The Morgan fingerprint density at radius 2 is 0.600 bits per heavy atom. The van der Waals surface area contributed by atoms with Crippen LogP contribution in [0.3, 0.4) is 0 Å². The van der Waals surface area contributed by atoms with Crippen molar-refractivity contribution in [3.8, 4) is 46.0 Å². The summed E-state index contributed by atoms with van der Waals surface area (Å²) in [6, 6.07) is 10.9. The molecule has 8 N–H and O–H groups in total. The van der Waals surface area contributed by atoms with Crippen LogP contribution in [0.5, 0.6) is 46.0 Å². The van der Waals surface area contributed by atoms with E-state index in [4.69, 9.17) is 4.74 Å². The van der Waals surface area contributed by atoms with Gasteiger partial charge in [-0.1, -0.05) is 55.4 Å². The zero-order chi connectivity index (χ0) is 40.6. The molecule has 0 aromatic heterocycles. The second-order valence-corrected chi connectivity index (χ2v) is 17.3. The molecule has 0 heterocycles. The van der Waals surface area contributed by atoms with E-state index in [1.807, 2.05) is 55.4 Å². The van der Waals surface area contributed by atoms with Crippen LogP contribution in [0.2, 0.25) is 0 Å². The second-order valence-electron chi connectivity index (χ2n) is 17.3. The number of phenolic OH excluding ortho intramolecular Hbond substituents is 8. The molecule has 9 heteroatoms. The zero-order valence-electron chi connectivity index (χ0n) is 33.7. The monoisotopic (exact) mass is 756 g/mol. The Morgan fingerprint density at radius 1 is 0.382 bits per heavy atom. The standard InChI is InChI=1S/C46H60O9/c1-22(2)10-26-30-14-31(40(48)18-39(30)47)27(11-23(3)4)33-16-35(44(52)20-42(33)50)29(13-25(7)8)37-17-36(45(53)38(21-55-9)46(37)54)28(12-24(5)6)34-15-32(26)41(49)19-43(34)51/h14-20,22-29,47-54H,10-13,21H2,1-9H3/t26-,27+,28-,29+. The highest BCUT2D eigenvalue weighted by Crippen LogP contribution is 2.54. The lowest BCUT2D eigenvalue weighted by molar-refractivity contribution is 0.178. The Hall–Kier alpha value is -4.76. The number of phenols is 8. The number of fused-ring (bicyclic) bond motifs is 8. The Balaban J connectivity index is 2.04. The molecule has 5 rings (SSSR count). The molecule has 0 fully saturated rings. The molecule has 4 aromatic carbocycles. The Kier molecular flexibility index (Phi) is 12.4. The maximum atomic E-state index is 12.0. The summed E-state index contributed by atoms with van der Waals surface area (Å²) in [5, 5.41) is 93.8. The highest BCUT2D eigenvalue weighted by molar-refractivity contribution is 5.64. The molecule has 4 atom stereocenters. The van der Waals surface area contributed by atoms with Crippen LogP contribution >= 0.6 is 0 Å². The largest absolute Gasteiger partial charge is 0.508 e.